The van der Waals surface area contributed by atoms with Gasteiger partial charge in [-0.15, -0.1) is 24.2 Å². The summed E-state index contributed by atoms with van der Waals surface area (Å²) in [6.07, 6.45) is 14.7. The van der Waals surface area contributed by atoms with E-state index in [2.05, 4.69) is 12.6 Å². The average Bonchev–Trinajstić information content (AvgIpc) is 2.30. The lowest BCUT2D eigenvalue weighted by atomic mass is 10.1. The maximum Gasteiger partial charge on any atom is 0.185 e. The summed E-state index contributed by atoms with van der Waals surface area (Å²) in [4.78, 5) is 10.6. The van der Waals surface area contributed by atoms with Crippen LogP contribution in [0.3, 0.4) is 0 Å². The molecular formula is C14H27ClOS. The van der Waals surface area contributed by atoms with Crippen molar-refractivity contribution < 1.29 is 4.79 Å². The minimum absolute atomic E-state index is 0.0296. The lowest BCUT2D eigenvalue weighted by Gasteiger charge is -2.02. The summed E-state index contributed by atoms with van der Waals surface area (Å²) in [5.41, 5.74) is 0. The van der Waals surface area contributed by atoms with Crippen LogP contribution < -0.4 is 0 Å². The van der Waals surface area contributed by atoms with Crippen molar-refractivity contribution in [3.8, 4) is 0 Å². The zero-order chi connectivity index (χ0) is 12.8. The first-order valence-corrected chi connectivity index (χ1v) is 8.03. The van der Waals surface area contributed by atoms with Crippen LogP contribution in [0.2, 0.25) is 0 Å². The molecule has 0 unspecified atom stereocenters. The number of halogens is 1. The molecule has 102 valence electrons. The summed E-state index contributed by atoms with van der Waals surface area (Å²) >= 11 is 9.38. The van der Waals surface area contributed by atoms with Crippen LogP contribution in [-0.4, -0.2) is 11.0 Å². The Kier molecular flexibility index (Phi) is 14.6. The Balaban J connectivity index is 2.91. The lowest BCUT2D eigenvalue weighted by molar-refractivity contribution is -0.110. The van der Waals surface area contributed by atoms with Gasteiger partial charge in [-0.05, 0) is 12.8 Å². The second-order valence-electron chi connectivity index (χ2n) is 4.72. The fourth-order valence-electron chi connectivity index (χ4n) is 1.96. The second-order valence-corrected chi connectivity index (χ2v) is 5.60. The molecule has 0 aromatic rings. The normalized spacial score (nSPS) is 10.7. The number of rotatable bonds is 13. The van der Waals surface area contributed by atoms with Crippen LogP contribution in [0.25, 0.3) is 0 Å². The number of thiol groups is 1. The highest BCUT2D eigenvalue weighted by molar-refractivity contribution is 7.96. The van der Waals surface area contributed by atoms with Crippen LogP contribution in [0, 0.1) is 0 Å². The van der Waals surface area contributed by atoms with E-state index in [1.165, 1.54) is 64.2 Å². The molecule has 0 spiro atoms. The molecule has 0 aliphatic heterocycles. The third-order valence-corrected chi connectivity index (χ3v) is 3.52. The quantitative estimate of drug-likeness (QED) is 0.272. The Labute approximate surface area is 117 Å². The first-order chi connectivity index (χ1) is 8.27. The monoisotopic (exact) mass is 278 g/mol. The SMILES string of the molecule is O=C(S)CCCCCCCCCCCCCCl. The van der Waals surface area contributed by atoms with E-state index in [-0.39, 0.29) is 5.12 Å². The van der Waals surface area contributed by atoms with Crippen molar-refractivity contribution in [2.45, 2.75) is 77.0 Å². The third kappa shape index (κ3) is 16.3. The first-order valence-electron chi connectivity index (χ1n) is 7.05. The molecular weight excluding hydrogens is 252 g/mol. The zero-order valence-electron chi connectivity index (χ0n) is 10.9. The largest absolute Gasteiger partial charge is 0.288 e. The zero-order valence-corrected chi connectivity index (χ0v) is 12.6. The molecule has 0 saturated heterocycles. The van der Waals surface area contributed by atoms with Crippen LogP contribution in [0.4, 0.5) is 0 Å². The number of hydrogen-bond acceptors (Lipinski definition) is 1. The molecule has 0 aromatic heterocycles. The minimum Gasteiger partial charge on any atom is -0.288 e. The van der Waals surface area contributed by atoms with Gasteiger partial charge in [0.2, 0.25) is 0 Å². The van der Waals surface area contributed by atoms with Crippen molar-refractivity contribution in [1.82, 2.24) is 0 Å². The molecule has 0 atom stereocenters. The maximum atomic E-state index is 10.6. The van der Waals surface area contributed by atoms with Crippen LogP contribution in [0.5, 0.6) is 0 Å². The molecule has 0 rings (SSSR count). The molecule has 1 nitrogen and oxygen atoms in total. The number of unbranched alkanes of at least 4 members (excludes halogenated alkanes) is 10. The highest BCUT2D eigenvalue weighted by Gasteiger charge is 1.95. The fourth-order valence-corrected chi connectivity index (χ4v) is 2.31. The summed E-state index contributed by atoms with van der Waals surface area (Å²) in [5, 5.41) is 0.0296. The Morgan fingerprint density at radius 1 is 0.706 bits per heavy atom. The molecule has 0 aliphatic rings. The predicted octanol–water partition coefficient (Wildman–Crippen LogP) is 5.36. The van der Waals surface area contributed by atoms with E-state index in [0.29, 0.717) is 6.42 Å². The van der Waals surface area contributed by atoms with E-state index in [1.807, 2.05) is 0 Å². The van der Waals surface area contributed by atoms with Gasteiger partial charge in [-0.3, -0.25) is 4.79 Å². The smallest absolute Gasteiger partial charge is 0.185 e. The Morgan fingerprint density at radius 2 is 1.06 bits per heavy atom. The topological polar surface area (TPSA) is 17.1 Å². The summed E-state index contributed by atoms with van der Waals surface area (Å²) in [5.74, 6) is 0.814. The van der Waals surface area contributed by atoms with Crippen molar-refractivity contribution >= 4 is 29.3 Å². The van der Waals surface area contributed by atoms with E-state index >= 15 is 0 Å². The van der Waals surface area contributed by atoms with Gasteiger partial charge in [-0.2, -0.15) is 0 Å². The highest BCUT2D eigenvalue weighted by atomic mass is 35.5. The van der Waals surface area contributed by atoms with Gasteiger partial charge in [0, 0.05) is 12.3 Å². The van der Waals surface area contributed by atoms with Crippen molar-refractivity contribution in [3.05, 3.63) is 0 Å². The van der Waals surface area contributed by atoms with Gasteiger partial charge in [-0.25, -0.2) is 0 Å². The molecule has 0 heterocycles. The van der Waals surface area contributed by atoms with E-state index < -0.39 is 0 Å². The predicted molar refractivity (Wildman–Crippen MR) is 80.1 cm³/mol. The standard InChI is InChI=1S/C14H27ClOS/c15-13-11-9-7-5-3-1-2-4-6-8-10-12-14(16)17/h1-13H2,(H,16,17). The first kappa shape index (κ1) is 17.3. The Bertz CT molecular complexity index is 174. The van der Waals surface area contributed by atoms with Gasteiger partial charge in [0.15, 0.2) is 5.12 Å². The van der Waals surface area contributed by atoms with Crippen molar-refractivity contribution in [2.24, 2.45) is 0 Å². The Hall–Kier alpha value is 0.310. The molecule has 0 fully saturated rings. The average molecular weight is 279 g/mol. The fraction of sp³-hybridized carbons (Fsp3) is 0.929. The van der Waals surface area contributed by atoms with Crippen LogP contribution >= 0.6 is 24.2 Å². The van der Waals surface area contributed by atoms with Crippen LogP contribution in [0.1, 0.15) is 77.0 Å². The molecule has 3 heteroatoms. The van der Waals surface area contributed by atoms with Crippen LogP contribution in [-0.2, 0) is 4.79 Å². The minimum atomic E-state index is 0.0296. The molecule has 0 saturated carbocycles. The van der Waals surface area contributed by atoms with E-state index in [0.717, 1.165) is 12.3 Å². The van der Waals surface area contributed by atoms with Crippen molar-refractivity contribution in [3.63, 3.8) is 0 Å². The molecule has 0 aromatic carbocycles. The molecule has 0 bridgehead atoms. The lowest BCUT2D eigenvalue weighted by Crippen LogP contribution is -1.86. The third-order valence-electron chi connectivity index (χ3n) is 3.02. The van der Waals surface area contributed by atoms with Gasteiger partial charge in [0.25, 0.3) is 0 Å². The number of hydrogen-bond donors (Lipinski definition) is 1. The Morgan fingerprint density at radius 3 is 1.41 bits per heavy atom. The second kappa shape index (κ2) is 14.4. The van der Waals surface area contributed by atoms with E-state index in [4.69, 9.17) is 11.6 Å². The van der Waals surface area contributed by atoms with Crippen molar-refractivity contribution in [2.75, 3.05) is 5.88 Å². The number of carbonyl (C=O) groups is 1. The van der Waals surface area contributed by atoms with E-state index in [1.54, 1.807) is 0 Å². The van der Waals surface area contributed by atoms with Crippen LogP contribution in [0.15, 0.2) is 0 Å². The molecule has 17 heavy (non-hydrogen) atoms. The van der Waals surface area contributed by atoms with Gasteiger partial charge in [0.1, 0.15) is 0 Å². The van der Waals surface area contributed by atoms with Gasteiger partial charge in [0.05, 0.1) is 0 Å². The molecule has 0 aliphatic carbocycles. The molecule has 0 N–H and O–H groups in total. The molecule has 0 amide bonds. The summed E-state index contributed by atoms with van der Waals surface area (Å²) in [6.45, 7) is 0. The maximum absolute atomic E-state index is 10.6. The van der Waals surface area contributed by atoms with Gasteiger partial charge in [-0.1, -0.05) is 57.8 Å². The van der Waals surface area contributed by atoms with Gasteiger partial charge < -0.3 is 0 Å². The summed E-state index contributed by atoms with van der Waals surface area (Å²) in [6, 6.07) is 0. The van der Waals surface area contributed by atoms with Crippen molar-refractivity contribution in [1.29, 1.82) is 0 Å². The summed E-state index contributed by atoms with van der Waals surface area (Å²) in [7, 11) is 0. The van der Waals surface area contributed by atoms with Gasteiger partial charge >= 0.3 is 0 Å². The number of alkyl halides is 1. The summed E-state index contributed by atoms with van der Waals surface area (Å²) < 4.78 is 0. The highest BCUT2D eigenvalue weighted by Crippen LogP contribution is 2.12. The number of carbonyl (C=O) groups excluding carboxylic acids is 1. The molecule has 0 radical (unpaired) electrons. The van der Waals surface area contributed by atoms with E-state index in [9.17, 15) is 4.79 Å².